The highest BCUT2D eigenvalue weighted by atomic mass is 14.6. The lowest BCUT2D eigenvalue weighted by Crippen LogP contribution is -2.50. The van der Waals surface area contributed by atoms with E-state index in [1.165, 1.54) is 44.9 Å². The second-order valence-corrected chi connectivity index (χ2v) is 8.96. The van der Waals surface area contributed by atoms with E-state index in [9.17, 15) is 0 Å². The number of fused-ring (bicyclic) bond motifs is 3. The van der Waals surface area contributed by atoms with Gasteiger partial charge in [0.2, 0.25) is 0 Å². The highest BCUT2D eigenvalue weighted by molar-refractivity contribution is 5.26. The van der Waals surface area contributed by atoms with E-state index in [4.69, 9.17) is 0 Å². The van der Waals surface area contributed by atoms with Gasteiger partial charge in [-0.25, -0.2) is 0 Å². The Bertz CT molecular complexity index is 441. The van der Waals surface area contributed by atoms with Crippen LogP contribution in [0.15, 0.2) is 24.3 Å². The molecule has 3 aliphatic rings. The van der Waals surface area contributed by atoms with Gasteiger partial charge in [-0.3, -0.25) is 0 Å². The van der Waals surface area contributed by atoms with Crippen LogP contribution < -0.4 is 0 Å². The van der Waals surface area contributed by atoms with Crippen LogP contribution in [0.2, 0.25) is 0 Å². The molecule has 4 atom stereocenters. The van der Waals surface area contributed by atoms with Crippen molar-refractivity contribution >= 4 is 0 Å². The molecule has 0 aromatic carbocycles. The van der Waals surface area contributed by atoms with Crippen molar-refractivity contribution in [2.45, 2.75) is 72.6 Å². The van der Waals surface area contributed by atoms with E-state index in [0.29, 0.717) is 10.8 Å². The molecule has 1 unspecified atom stereocenters. The molecule has 3 aliphatic carbocycles. The number of rotatable bonds is 1. The van der Waals surface area contributed by atoms with Crippen molar-refractivity contribution in [1.29, 1.82) is 0 Å². The van der Waals surface area contributed by atoms with Crippen molar-refractivity contribution in [1.82, 2.24) is 0 Å². The molecule has 0 aromatic rings. The molecule has 0 aliphatic heterocycles. The maximum Gasteiger partial charge on any atom is 0.00330 e. The molecule has 0 N–H and O–H groups in total. The molecule has 0 radical (unpaired) electrons. The summed E-state index contributed by atoms with van der Waals surface area (Å²) in [6, 6.07) is 0. The van der Waals surface area contributed by atoms with Gasteiger partial charge in [-0.2, -0.15) is 0 Å². The molecule has 3 rings (SSSR count). The van der Waals surface area contributed by atoms with Gasteiger partial charge in [0, 0.05) is 5.41 Å². The van der Waals surface area contributed by atoms with Crippen molar-refractivity contribution in [2.24, 2.45) is 28.1 Å². The Hall–Kier alpha value is -0.520. The average molecular weight is 272 g/mol. The SMILES string of the molecule is C=C[C@@]1(C)C=C2CC[C@H]3C(C)(C)CCC[C@]3(C)C2CC1. The van der Waals surface area contributed by atoms with Gasteiger partial charge < -0.3 is 0 Å². The largest absolute Gasteiger partial charge is 0.102 e. The van der Waals surface area contributed by atoms with Crippen LogP contribution >= 0.6 is 0 Å². The van der Waals surface area contributed by atoms with Gasteiger partial charge in [-0.15, -0.1) is 6.58 Å². The Balaban J connectivity index is 1.97. The molecular formula is C20H32. The molecule has 0 saturated heterocycles. The summed E-state index contributed by atoms with van der Waals surface area (Å²) in [5, 5.41) is 0. The standard InChI is InChI=1S/C20H32/c1-6-19(4)13-10-16-15(14-19)8-9-17-18(2,3)11-7-12-20(16,17)5/h6,14,16-17H,1,7-13H2,2-5H3/t16?,17-,19+,20+/m0/s1. The van der Waals surface area contributed by atoms with Gasteiger partial charge in [0.15, 0.2) is 0 Å². The first kappa shape index (κ1) is 14.4. The second-order valence-electron chi connectivity index (χ2n) is 8.96. The number of hydrogen-bond donors (Lipinski definition) is 0. The summed E-state index contributed by atoms with van der Waals surface area (Å²) in [7, 11) is 0. The lowest BCUT2D eigenvalue weighted by Gasteiger charge is -2.59. The van der Waals surface area contributed by atoms with Crippen molar-refractivity contribution in [3.05, 3.63) is 24.3 Å². The monoisotopic (exact) mass is 272 g/mol. The highest BCUT2D eigenvalue weighted by Crippen LogP contribution is 2.63. The fraction of sp³-hybridized carbons (Fsp3) is 0.800. The average Bonchev–Trinajstić information content (AvgIpc) is 2.37. The zero-order valence-corrected chi connectivity index (χ0v) is 14.0. The van der Waals surface area contributed by atoms with Gasteiger partial charge in [-0.05, 0) is 61.2 Å². The third-order valence-corrected chi connectivity index (χ3v) is 7.19. The maximum atomic E-state index is 4.07. The van der Waals surface area contributed by atoms with E-state index in [-0.39, 0.29) is 5.41 Å². The van der Waals surface area contributed by atoms with Crippen LogP contribution in [-0.4, -0.2) is 0 Å². The quantitative estimate of drug-likeness (QED) is 0.503. The normalized spacial score (nSPS) is 46.9. The first-order valence-corrected chi connectivity index (χ1v) is 8.66. The van der Waals surface area contributed by atoms with Crippen LogP contribution in [0.4, 0.5) is 0 Å². The molecule has 0 spiro atoms. The van der Waals surface area contributed by atoms with Crippen molar-refractivity contribution in [2.75, 3.05) is 0 Å². The van der Waals surface area contributed by atoms with E-state index in [1.807, 2.05) is 0 Å². The van der Waals surface area contributed by atoms with Gasteiger partial charge in [0.05, 0.1) is 0 Å². The Morgan fingerprint density at radius 1 is 1.10 bits per heavy atom. The minimum Gasteiger partial charge on any atom is -0.102 e. The summed E-state index contributed by atoms with van der Waals surface area (Å²) in [4.78, 5) is 0. The van der Waals surface area contributed by atoms with E-state index in [0.717, 1.165) is 11.8 Å². The van der Waals surface area contributed by atoms with E-state index in [1.54, 1.807) is 5.57 Å². The summed E-state index contributed by atoms with van der Waals surface area (Å²) in [6.07, 6.45) is 14.5. The fourth-order valence-corrected chi connectivity index (χ4v) is 6.01. The third-order valence-electron chi connectivity index (χ3n) is 7.19. The van der Waals surface area contributed by atoms with Gasteiger partial charge in [0.1, 0.15) is 0 Å². The smallest absolute Gasteiger partial charge is 0.00330 e. The predicted octanol–water partition coefficient (Wildman–Crippen LogP) is 6.14. The number of allylic oxidation sites excluding steroid dienone is 3. The van der Waals surface area contributed by atoms with Gasteiger partial charge in [-0.1, -0.05) is 51.8 Å². The summed E-state index contributed by atoms with van der Waals surface area (Å²) >= 11 is 0. The first-order chi connectivity index (χ1) is 9.31. The third kappa shape index (κ3) is 2.02. The minimum absolute atomic E-state index is 0.263. The van der Waals surface area contributed by atoms with Crippen LogP contribution in [-0.2, 0) is 0 Å². The molecule has 0 bridgehead atoms. The Labute approximate surface area is 125 Å². The summed E-state index contributed by atoms with van der Waals surface area (Å²) in [5.74, 6) is 1.79. The van der Waals surface area contributed by atoms with Gasteiger partial charge in [0.25, 0.3) is 0 Å². The predicted molar refractivity (Wildman–Crippen MR) is 87.6 cm³/mol. The minimum atomic E-state index is 0.263. The fourth-order valence-electron chi connectivity index (χ4n) is 6.01. The molecule has 0 nitrogen and oxygen atoms in total. The Morgan fingerprint density at radius 3 is 2.55 bits per heavy atom. The topological polar surface area (TPSA) is 0 Å². The van der Waals surface area contributed by atoms with Crippen LogP contribution in [0.5, 0.6) is 0 Å². The summed E-state index contributed by atoms with van der Waals surface area (Å²) in [6.45, 7) is 14.1. The molecule has 0 heteroatoms. The highest BCUT2D eigenvalue weighted by Gasteiger charge is 2.54. The second kappa shape index (κ2) is 4.49. The molecule has 2 fully saturated rings. The molecule has 20 heavy (non-hydrogen) atoms. The van der Waals surface area contributed by atoms with Crippen molar-refractivity contribution in [3.63, 3.8) is 0 Å². The zero-order chi connectivity index (χ0) is 14.6. The van der Waals surface area contributed by atoms with Gasteiger partial charge >= 0.3 is 0 Å². The number of hydrogen-bond acceptors (Lipinski definition) is 0. The lowest BCUT2D eigenvalue weighted by atomic mass is 9.45. The van der Waals surface area contributed by atoms with Crippen LogP contribution in [0, 0.1) is 28.1 Å². The van der Waals surface area contributed by atoms with Crippen LogP contribution in [0.1, 0.15) is 72.6 Å². The van der Waals surface area contributed by atoms with E-state index < -0.39 is 0 Å². The summed E-state index contributed by atoms with van der Waals surface area (Å²) in [5.41, 5.74) is 3.15. The molecule has 0 amide bonds. The molecule has 0 heterocycles. The Morgan fingerprint density at radius 2 is 1.85 bits per heavy atom. The lowest BCUT2D eigenvalue weighted by molar-refractivity contribution is -0.0587. The zero-order valence-electron chi connectivity index (χ0n) is 14.0. The maximum absolute atomic E-state index is 4.07. The first-order valence-electron chi connectivity index (χ1n) is 8.66. The van der Waals surface area contributed by atoms with E-state index in [2.05, 4.69) is 46.4 Å². The molecular weight excluding hydrogens is 240 g/mol. The Kier molecular flexibility index (Phi) is 3.23. The van der Waals surface area contributed by atoms with Crippen molar-refractivity contribution in [3.8, 4) is 0 Å². The molecule has 112 valence electrons. The van der Waals surface area contributed by atoms with Crippen LogP contribution in [0.25, 0.3) is 0 Å². The van der Waals surface area contributed by atoms with Crippen molar-refractivity contribution < 1.29 is 0 Å². The summed E-state index contributed by atoms with van der Waals surface area (Å²) < 4.78 is 0. The van der Waals surface area contributed by atoms with E-state index >= 15 is 0 Å². The molecule has 2 saturated carbocycles. The molecule has 0 aromatic heterocycles. The van der Waals surface area contributed by atoms with Crippen LogP contribution in [0.3, 0.4) is 0 Å².